The Morgan fingerprint density at radius 1 is 0.710 bits per heavy atom. The van der Waals surface area contributed by atoms with Crippen molar-refractivity contribution in [3.63, 3.8) is 0 Å². The standard InChI is InChI=1S/C28H40O2Si/c1-28(2,3)31(26-20-14-12-15-21-26,27-22-16-13-17-23-27)30-25-19-11-9-7-5-4-6-8-10-18-24-29/h12-17,20-23,29H,5,7-11,18-19,24-25H2,1-3H3. The summed E-state index contributed by atoms with van der Waals surface area (Å²) in [5, 5.41) is 11.5. The lowest BCUT2D eigenvalue weighted by molar-refractivity contribution is 0.285. The Labute approximate surface area is 191 Å². The molecule has 0 atom stereocenters. The number of benzene rings is 2. The van der Waals surface area contributed by atoms with Crippen molar-refractivity contribution in [2.75, 3.05) is 13.2 Å². The van der Waals surface area contributed by atoms with E-state index in [0.29, 0.717) is 0 Å². The molecule has 0 amide bonds. The summed E-state index contributed by atoms with van der Waals surface area (Å²) in [5.74, 6) is 6.48. The van der Waals surface area contributed by atoms with E-state index < -0.39 is 8.32 Å². The second-order valence-electron chi connectivity index (χ2n) is 9.21. The van der Waals surface area contributed by atoms with Gasteiger partial charge in [-0.25, -0.2) is 0 Å². The van der Waals surface area contributed by atoms with Gasteiger partial charge >= 0.3 is 0 Å². The van der Waals surface area contributed by atoms with Crippen LogP contribution in [0.1, 0.15) is 72.1 Å². The van der Waals surface area contributed by atoms with Crippen LogP contribution in [0.5, 0.6) is 0 Å². The third kappa shape index (κ3) is 7.65. The average Bonchev–Trinajstić information content (AvgIpc) is 2.77. The van der Waals surface area contributed by atoms with Gasteiger partial charge in [-0.1, -0.05) is 94.3 Å². The number of unbranched alkanes of at least 4 members (excludes halogenated alkanes) is 6. The number of aliphatic hydroxyl groups is 1. The fraction of sp³-hybridized carbons (Fsp3) is 0.500. The van der Waals surface area contributed by atoms with Gasteiger partial charge in [-0.2, -0.15) is 0 Å². The number of aliphatic hydroxyl groups excluding tert-OH is 1. The molecule has 2 aromatic rings. The van der Waals surface area contributed by atoms with Crippen molar-refractivity contribution < 1.29 is 9.53 Å². The second-order valence-corrected chi connectivity index (χ2v) is 13.5. The van der Waals surface area contributed by atoms with Gasteiger partial charge in [0.05, 0.1) is 0 Å². The Morgan fingerprint density at radius 3 is 1.68 bits per heavy atom. The van der Waals surface area contributed by atoms with Crippen LogP contribution in [0.3, 0.4) is 0 Å². The molecule has 168 valence electrons. The minimum absolute atomic E-state index is 0.0430. The second kappa shape index (κ2) is 13.5. The monoisotopic (exact) mass is 436 g/mol. The van der Waals surface area contributed by atoms with Crippen molar-refractivity contribution in [3.05, 3.63) is 60.7 Å². The number of rotatable bonds is 12. The molecule has 0 bridgehead atoms. The topological polar surface area (TPSA) is 29.5 Å². The fourth-order valence-corrected chi connectivity index (χ4v) is 8.76. The van der Waals surface area contributed by atoms with Crippen molar-refractivity contribution in [1.29, 1.82) is 0 Å². The van der Waals surface area contributed by atoms with Gasteiger partial charge < -0.3 is 9.53 Å². The van der Waals surface area contributed by atoms with Crippen LogP contribution in [0.2, 0.25) is 5.04 Å². The Balaban J connectivity index is 1.93. The van der Waals surface area contributed by atoms with Gasteiger partial charge in [-0.05, 0) is 41.1 Å². The minimum Gasteiger partial charge on any atom is -0.407 e. The van der Waals surface area contributed by atoms with E-state index in [-0.39, 0.29) is 11.6 Å². The Kier molecular flexibility index (Phi) is 11.1. The molecule has 0 aromatic heterocycles. The van der Waals surface area contributed by atoms with Gasteiger partial charge in [-0.15, -0.1) is 11.8 Å². The maximum Gasteiger partial charge on any atom is 0.261 e. The molecule has 1 N–H and O–H groups in total. The van der Waals surface area contributed by atoms with Gasteiger partial charge in [0.25, 0.3) is 8.32 Å². The van der Waals surface area contributed by atoms with E-state index in [1.54, 1.807) is 0 Å². The van der Waals surface area contributed by atoms with Crippen LogP contribution in [0.15, 0.2) is 60.7 Å². The summed E-state index contributed by atoms with van der Waals surface area (Å²) >= 11 is 0. The average molecular weight is 437 g/mol. The SMILES string of the molecule is CC(C)(C)[Si](OCCCCCCC#CCCCCO)(c1ccccc1)c1ccccc1. The summed E-state index contributed by atoms with van der Waals surface area (Å²) in [5.41, 5.74) is 0. The highest BCUT2D eigenvalue weighted by molar-refractivity contribution is 6.99. The molecule has 2 nitrogen and oxygen atoms in total. The first-order chi connectivity index (χ1) is 15.0. The highest BCUT2D eigenvalue weighted by Gasteiger charge is 2.49. The lowest BCUT2D eigenvalue weighted by Crippen LogP contribution is -2.66. The van der Waals surface area contributed by atoms with Crippen molar-refractivity contribution in [1.82, 2.24) is 0 Å². The summed E-state index contributed by atoms with van der Waals surface area (Å²) in [6.07, 6.45) is 8.39. The summed E-state index contributed by atoms with van der Waals surface area (Å²) in [6.45, 7) is 8.08. The van der Waals surface area contributed by atoms with Gasteiger partial charge in [0, 0.05) is 26.1 Å². The minimum atomic E-state index is -2.39. The first kappa shape index (κ1) is 25.4. The Hall–Kier alpha value is -1.86. The zero-order valence-electron chi connectivity index (χ0n) is 19.7. The van der Waals surface area contributed by atoms with E-state index in [1.807, 2.05) is 0 Å². The molecule has 0 saturated carbocycles. The smallest absolute Gasteiger partial charge is 0.261 e. The number of hydrogen-bond acceptors (Lipinski definition) is 2. The predicted octanol–water partition coefficient (Wildman–Crippen LogP) is 5.68. The molecule has 3 heteroatoms. The third-order valence-corrected chi connectivity index (χ3v) is 10.8. The third-order valence-electron chi connectivity index (χ3n) is 5.77. The maximum absolute atomic E-state index is 8.78. The molecule has 2 aromatic carbocycles. The molecule has 0 fully saturated rings. The molecule has 0 aliphatic heterocycles. The molecular weight excluding hydrogens is 396 g/mol. The first-order valence-electron chi connectivity index (χ1n) is 11.8. The van der Waals surface area contributed by atoms with Crippen LogP contribution in [-0.4, -0.2) is 26.6 Å². The van der Waals surface area contributed by atoms with Crippen molar-refractivity contribution >= 4 is 18.7 Å². The van der Waals surface area contributed by atoms with E-state index in [1.165, 1.54) is 23.2 Å². The molecule has 0 aliphatic rings. The van der Waals surface area contributed by atoms with E-state index in [0.717, 1.165) is 45.1 Å². The van der Waals surface area contributed by atoms with Crippen LogP contribution in [-0.2, 0) is 4.43 Å². The van der Waals surface area contributed by atoms with Crippen LogP contribution >= 0.6 is 0 Å². The van der Waals surface area contributed by atoms with Gasteiger partial charge in [0.1, 0.15) is 0 Å². The van der Waals surface area contributed by atoms with E-state index in [2.05, 4.69) is 93.3 Å². The molecule has 0 spiro atoms. The summed E-state index contributed by atoms with van der Waals surface area (Å²) in [7, 11) is -2.39. The van der Waals surface area contributed by atoms with E-state index in [9.17, 15) is 0 Å². The summed E-state index contributed by atoms with van der Waals surface area (Å²) in [6, 6.07) is 21.7. The summed E-state index contributed by atoms with van der Waals surface area (Å²) in [4.78, 5) is 0. The van der Waals surface area contributed by atoms with Gasteiger partial charge in [-0.3, -0.25) is 0 Å². The fourth-order valence-electron chi connectivity index (χ4n) is 4.16. The molecule has 31 heavy (non-hydrogen) atoms. The van der Waals surface area contributed by atoms with Crippen molar-refractivity contribution in [2.24, 2.45) is 0 Å². The van der Waals surface area contributed by atoms with Crippen LogP contribution in [0.4, 0.5) is 0 Å². The lowest BCUT2D eigenvalue weighted by atomic mass is 10.1. The molecule has 0 saturated heterocycles. The van der Waals surface area contributed by atoms with E-state index >= 15 is 0 Å². The molecule has 2 rings (SSSR count). The zero-order valence-corrected chi connectivity index (χ0v) is 20.7. The molecular formula is C28H40O2Si. The van der Waals surface area contributed by atoms with Gasteiger partial charge in [0.2, 0.25) is 0 Å². The quantitative estimate of drug-likeness (QED) is 0.263. The zero-order chi connectivity index (χ0) is 22.4. The highest BCUT2D eigenvalue weighted by Crippen LogP contribution is 2.36. The normalized spacial score (nSPS) is 11.7. The van der Waals surface area contributed by atoms with Crippen LogP contribution in [0, 0.1) is 11.8 Å². The van der Waals surface area contributed by atoms with Crippen LogP contribution < -0.4 is 10.4 Å². The molecule has 0 radical (unpaired) electrons. The molecule has 0 aliphatic carbocycles. The summed E-state index contributed by atoms with van der Waals surface area (Å²) < 4.78 is 6.94. The highest BCUT2D eigenvalue weighted by atomic mass is 28.4. The predicted molar refractivity (Wildman–Crippen MR) is 135 cm³/mol. The number of hydrogen-bond donors (Lipinski definition) is 1. The Bertz CT molecular complexity index is 745. The maximum atomic E-state index is 8.78. The van der Waals surface area contributed by atoms with Crippen molar-refractivity contribution in [3.8, 4) is 11.8 Å². The molecule has 0 unspecified atom stereocenters. The van der Waals surface area contributed by atoms with Crippen LogP contribution in [0.25, 0.3) is 0 Å². The van der Waals surface area contributed by atoms with Gasteiger partial charge in [0.15, 0.2) is 0 Å². The molecule has 0 heterocycles. The van der Waals surface area contributed by atoms with E-state index in [4.69, 9.17) is 9.53 Å². The lowest BCUT2D eigenvalue weighted by Gasteiger charge is -2.43. The largest absolute Gasteiger partial charge is 0.407 e. The van der Waals surface area contributed by atoms with Crippen molar-refractivity contribution in [2.45, 2.75) is 77.2 Å². The first-order valence-corrected chi connectivity index (χ1v) is 13.7. The Morgan fingerprint density at radius 2 is 1.19 bits per heavy atom.